The quantitative estimate of drug-likeness (QED) is 0.375. The lowest BCUT2D eigenvalue weighted by Crippen LogP contribution is -2.47. The standard InChI is InChI=1S/C25H24N6O3/c26-22(33)17-12-29-23(31-9-1-6-25(13-31)7-8-27-24(25)34)20-16-4-2-14(10-18(16)30-21(17)20)15-3-5-19(32)28-11-15/h2-5,10-12,30H,1,6-9,13H2,(H2,26,33)(H,27,34)(H,28,32)/t25-/m1/s1. The van der Waals surface area contributed by atoms with Crippen LogP contribution in [0, 0.1) is 5.41 Å². The van der Waals surface area contributed by atoms with Gasteiger partial charge >= 0.3 is 0 Å². The molecule has 5 N–H and O–H groups in total. The maximum Gasteiger partial charge on any atom is 0.252 e. The number of amides is 2. The first-order valence-electron chi connectivity index (χ1n) is 11.4. The molecule has 0 saturated carbocycles. The SMILES string of the molecule is NC(=O)c1cnc(N2CCC[C@@]3(CCNC3=O)C2)c2c1[nH]c1cc(-c3ccc(=O)[nH]c3)ccc12. The molecule has 6 rings (SSSR count). The van der Waals surface area contributed by atoms with Crippen LogP contribution in [0.3, 0.4) is 0 Å². The minimum absolute atomic E-state index is 0.117. The number of aromatic amines is 2. The molecule has 2 amide bonds. The van der Waals surface area contributed by atoms with Gasteiger partial charge < -0.3 is 25.9 Å². The Balaban J connectivity index is 1.52. The molecule has 2 aliphatic rings. The predicted octanol–water partition coefficient (Wildman–Crippen LogP) is 2.28. The van der Waals surface area contributed by atoms with Crippen molar-refractivity contribution >= 4 is 39.4 Å². The van der Waals surface area contributed by atoms with Gasteiger partial charge in [0.15, 0.2) is 0 Å². The molecule has 1 atom stereocenters. The van der Waals surface area contributed by atoms with Crippen molar-refractivity contribution in [2.75, 3.05) is 24.5 Å². The number of fused-ring (bicyclic) bond motifs is 3. The fourth-order valence-corrected chi connectivity index (χ4v) is 5.50. The van der Waals surface area contributed by atoms with Gasteiger partial charge in [-0.05, 0) is 42.5 Å². The minimum Gasteiger partial charge on any atom is -0.365 e. The van der Waals surface area contributed by atoms with E-state index in [0.29, 0.717) is 24.2 Å². The average Bonchev–Trinajstić information content (AvgIpc) is 3.38. The van der Waals surface area contributed by atoms with Crippen LogP contribution in [0.4, 0.5) is 5.82 Å². The predicted molar refractivity (Wildman–Crippen MR) is 130 cm³/mol. The van der Waals surface area contributed by atoms with Gasteiger partial charge in [0.25, 0.3) is 5.91 Å². The molecular formula is C25H24N6O3. The molecule has 0 aliphatic carbocycles. The lowest BCUT2D eigenvalue weighted by molar-refractivity contribution is -0.128. The number of nitrogens with one attached hydrogen (secondary N) is 3. The van der Waals surface area contributed by atoms with Crippen LogP contribution in [0.2, 0.25) is 0 Å². The molecule has 0 bridgehead atoms. The number of aromatic nitrogens is 3. The van der Waals surface area contributed by atoms with Gasteiger partial charge in [-0.2, -0.15) is 0 Å². The first-order valence-corrected chi connectivity index (χ1v) is 11.4. The van der Waals surface area contributed by atoms with Crippen LogP contribution in [0.15, 0.2) is 47.5 Å². The van der Waals surface area contributed by atoms with Crippen LogP contribution in [-0.2, 0) is 4.79 Å². The van der Waals surface area contributed by atoms with E-state index in [-0.39, 0.29) is 11.5 Å². The largest absolute Gasteiger partial charge is 0.365 e. The van der Waals surface area contributed by atoms with E-state index in [4.69, 9.17) is 5.73 Å². The number of carbonyl (C=O) groups is 2. The van der Waals surface area contributed by atoms with Crippen LogP contribution in [-0.4, -0.2) is 46.4 Å². The smallest absolute Gasteiger partial charge is 0.252 e. The molecule has 9 nitrogen and oxygen atoms in total. The van der Waals surface area contributed by atoms with Gasteiger partial charge in [0.2, 0.25) is 11.5 Å². The zero-order valence-electron chi connectivity index (χ0n) is 18.5. The Morgan fingerprint density at radius 3 is 2.71 bits per heavy atom. The number of hydrogen-bond acceptors (Lipinski definition) is 5. The highest BCUT2D eigenvalue weighted by Crippen LogP contribution is 2.41. The topological polar surface area (TPSA) is 137 Å². The van der Waals surface area contributed by atoms with Gasteiger partial charge in [-0.1, -0.05) is 12.1 Å². The van der Waals surface area contributed by atoms with Crippen molar-refractivity contribution in [2.45, 2.75) is 19.3 Å². The maximum absolute atomic E-state index is 12.6. The lowest BCUT2D eigenvalue weighted by atomic mass is 9.78. The first kappa shape index (κ1) is 20.5. The van der Waals surface area contributed by atoms with Crippen molar-refractivity contribution in [2.24, 2.45) is 11.1 Å². The van der Waals surface area contributed by atoms with Crippen LogP contribution >= 0.6 is 0 Å². The number of anilines is 1. The molecule has 0 unspecified atom stereocenters. The van der Waals surface area contributed by atoms with Crippen molar-refractivity contribution in [3.63, 3.8) is 0 Å². The van der Waals surface area contributed by atoms with Crippen molar-refractivity contribution in [3.8, 4) is 11.1 Å². The third-order valence-corrected chi connectivity index (χ3v) is 7.24. The zero-order valence-corrected chi connectivity index (χ0v) is 18.5. The summed E-state index contributed by atoms with van der Waals surface area (Å²) >= 11 is 0. The van der Waals surface area contributed by atoms with Gasteiger partial charge in [-0.15, -0.1) is 0 Å². The number of carbonyl (C=O) groups excluding carboxylic acids is 2. The van der Waals surface area contributed by atoms with Crippen LogP contribution in [0.25, 0.3) is 32.9 Å². The van der Waals surface area contributed by atoms with Crippen molar-refractivity contribution in [3.05, 3.63) is 58.6 Å². The normalized spacial score (nSPS) is 20.4. The summed E-state index contributed by atoms with van der Waals surface area (Å²) in [5.41, 5.74) is 8.72. The Morgan fingerprint density at radius 2 is 1.97 bits per heavy atom. The Hall–Kier alpha value is -4.14. The summed E-state index contributed by atoms with van der Waals surface area (Å²) < 4.78 is 0. The molecule has 3 aromatic heterocycles. The minimum atomic E-state index is -0.554. The fraction of sp³-hybridized carbons (Fsp3) is 0.280. The van der Waals surface area contributed by atoms with Gasteiger partial charge in [0, 0.05) is 49.0 Å². The van der Waals surface area contributed by atoms with E-state index in [1.807, 2.05) is 18.2 Å². The molecule has 34 heavy (non-hydrogen) atoms. The molecule has 0 radical (unpaired) electrons. The first-order chi connectivity index (χ1) is 16.4. The molecular weight excluding hydrogens is 432 g/mol. The van der Waals surface area contributed by atoms with E-state index in [0.717, 1.165) is 59.0 Å². The third-order valence-electron chi connectivity index (χ3n) is 7.24. The Bertz CT molecular complexity index is 1520. The maximum atomic E-state index is 12.6. The summed E-state index contributed by atoms with van der Waals surface area (Å²) in [4.78, 5) is 49.2. The summed E-state index contributed by atoms with van der Waals surface area (Å²) in [7, 11) is 0. The van der Waals surface area contributed by atoms with E-state index in [2.05, 4.69) is 25.2 Å². The van der Waals surface area contributed by atoms with Crippen molar-refractivity contribution in [1.29, 1.82) is 0 Å². The Labute approximate surface area is 194 Å². The molecule has 1 aromatic carbocycles. The second kappa shape index (κ2) is 7.44. The fourth-order valence-electron chi connectivity index (χ4n) is 5.50. The number of pyridine rings is 2. The van der Waals surface area contributed by atoms with E-state index < -0.39 is 11.3 Å². The molecule has 172 valence electrons. The molecule has 9 heteroatoms. The van der Waals surface area contributed by atoms with Crippen molar-refractivity contribution in [1.82, 2.24) is 20.3 Å². The number of benzene rings is 1. The van der Waals surface area contributed by atoms with E-state index in [1.165, 1.54) is 12.3 Å². The van der Waals surface area contributed by atoms with Crippen LogP contribution in [0.1, 0.15) is 29.6 Å². The van der Waals surface area contributed by atoms with Crippen LogP contribution in [0.5, 0.6) is 0 Å². The van der Waals surface area contributed by atoms with Crippen molar-refractivity contribution < 1.29 is 9.59 Å². The molecule has 2 saturated heterocycles. The summed E-state index contributed by atoms with van der Waals surface area (Å²) in [6.45, 7) is 2.09. The number of nitrogens with zero attached hydrogens (tertiary/aromatic N) is 2. The summed E-state index contributed by atoms with van der Waals surface area (Å²) in [5, 5.41) is 4.74. The number of H-pyrrole nitrogens is 2. The highest BCUT2D eigenvalue weighted by molar-refractivity contribution is 6.18. The van der Waals surface area contributed by atoms with Gasteiger partial charge in [-0.3, -0.25) is 14.4 Å². The van der Waals surface area contributed by atoms with E-state index in [1.54, 1.807) is 12.3 Å². The number of piperidine rings is 1. The van der Waals surface area contributed by atoms with E-state index in [9.17, 15) is 14.4 Å². The molecule has 4 aromatic rings. The number of nitrogens with two attached hydrogens (primary N) is 1. The molecule has 5 heterocycles. The number of rotatable bonds is 3. The molecule has 2 aliphatic heterocycles. The number of hydrogen-bond donors (Lipinski definition) is 4. The van der Waals surface area contributed by atoms with E-state index >= 15 is 0 Å². The lowest BCUT2D eigenvalue weighted by Gasteiger charge is -2.39. The highest BCUT2D eigenvalue weighted by Gasteiger charge is 2.45. The molecule has 1 spiro atoms. The monoisotopic (exact) mass is 456 g/mol. The Morgan fingerprint density at radius 1 is 1.12 bits per heavy atom. The second-order valence-electron chi connectivity index (χ2n) is 9.25. The van der Waals surface area contributed by atoms with Gasteiger partial charge in [0.1, 0.15) is 5.82 Å². The average molecular weight is 457 g/mol. The summed E-state index contributed by atoms with van der Waals surface area (Å²) in [5.74, 6) is 0.315. The number of primary amides is 1. The van der Waals surface area contributed by atoms with Gasteiger partial charge in [0.05, 0.1) is 21.9 Å². The van der Waals surface area contributed by atoms with Gasteiger partial charge in [-0.25, -0.2) is 4.98 Å². The Kier molecular flexibility index (Phi) is 4.48. The van der Waals surface area contributed by atoms with Crippen LogP contribution < -0.4 is 21.5 Å². The third kappa shape index (κ3) is 3.07. The zero-order chi connectivity index (χ0) is 23.4. The molecule has 2 fully saturated rings. The summed E-state index contributed by atoms with van der Waals surface area (Å²) in [6, 6.07) is 9.21. The summed E-state index contributed by atoms with van der Waals surface area (Å²) in [6.07, 6.45) is 5.78. The second-order valence-corrected chi connectivity index (χ2v) is 9.25. The highest BCUT2D eigenvalue weighted by atomic mass is 16.2.